The summed E-state index contributed by atoms with van der Waals surface area (Å²) in [5, 5.41) is 11.9. The standard InChI is InChI=1S/C25H14BrClFNO4/c26-15-6-9-19-14(10-15)11-20(33-19)23(30)21-22(13-4-7-17(28)8-5-13)29(25(32)24(21)31)18-3-1-2-16(27)12-18/h1-12,22,31H. The van der Waals surface area contributed by atoms with Gasteiger partial charge in [0.15, 0.2) is 11.5 Å². The second-order valence-electron chi connectivity index (χ2n) is 7.49. The number of aliphatic hydroxyl groups excluding tert-OH is 1. The lowest BCUT2D eigenvalue weighted by Gasteiger charge is -2.27. The number of fused-ring (bicyclic) bond motifs is 1. The van der Waals surface area contributed by atoms with E-state index in [1.807, 2.05) is 0 Å². The molecule has 0 spiro atoms. The quantitative estimate of drug-likeness (QED) is 0.298. The van der Waals surface area contributed by atoms with Crippen LogP contribution in [0.3, 0.4) is 0 Å². The molecule has 1 amide bonds. The number of amides is 1. The maximum atomic E-state index is 13.6. The van der Waals surface area contributed by atoms with Gasteiger partial charge in [-0.05, 0) is 60.2 Å². The summed E-state index contributed by atoms with van der Waals surface area (Å²) in [5.41, 5.74) is 1.14. The normalized spacial score (nSPS) is 16.2. The predicted octanol–water partition coefficient (Wildman–Crippen LogP) is 6.77. The minimum Gasteiger partial charge on any atom is -0.503 e. The molecule has 5 nitrogen and oxygen atoms in total. The van der Waals surface area contributed by atoms with Crippen LogP contribution in [-0.2, 0) is 4.79 Å². The lowest BCUT2D eigenvalue weighted by Crippen LogP contribution is -2.31. The number of rotatable bonds is 4. The Labute approximate surface area is 200 Å². The highest BCUT2D eigenvalue weighted by atomic mass is 79.9. The van der Waals surface area contributed by atoms with Crippen molar-refractivity contribution in [1.29, 1.82) is 0 Å². The molecule has 1 aliphatic rings. The number of hydrogen-bond donors (Lipinski definition) is 1. The van der Waals surface area contributed by atoms with Crippen LogP contribution in [0.4, 0.5) is 10.1 Å². The first kappa shape index (κ1) is 21.4. The molecule has 3 aromatic carbocycles. The van der Waals surface area contributed by atoms with Crippen LogP contribution in [0.15, 0.2) is 93.0 Å². The summed E-state index contributed by atoms with van der Waals surface area (Å²) in [6.07, 6.45) is 0. The van der Waals surface area contributed by atoms with Crippen LogP contribution in [-0.4, -0.2) is 16.8 Å². The Kier molecular flexibility index (Phi) is 5.31. The topological polar surface area (TPSA) is 70.8 Å². The molecule has 0 radical (unpaired) electrons. The van der Waals surface area contributed by atoms with Gasteiger partial charge in [0.25, 0.3) is 5.91 Å². The van der Waals surface area contributed by atoms with Gasteiger partial charge in [-0.25, -0.2) is 4.39 Å². The molecule has 1 unspecified atom stereocenters. The predicted molar refractivity (Wildman–Crippen MR) is 126 cm³/mol. The van der Waals surface area contributed by atoms with Gasteiger partial charge in [-0.3, -0.25) is 14.5 Å². The molecule has 1 atom stereocenters. The van der Waals surface area contributed by atoms with Crippen molar-refractivity contribution in [2.45, 2.75) is 6.04 Å². The van der Waals surface area contributed by atoms with Crippen molar-refractivity contribution < 1.29 is 23.5 Å². The second kappa shape index (κ2) is 8.17. The Bertz CT molecular complexity index is 1460. The molecule has 0 fully saturated rings. The van der Waals surface area contributed by atoms with E-state index in [0.29, 0.717) is 27.2 Å². The third-order valence-corrected chi connectivity index (χ3v) is 6.16. The molecule has 0 saturated heterocycles. The van der Waals surface area contributed by atoms with Crippen LogP contribution in [0.1, 0.15) is 22.2 Å². The molecule has 1 aliphatic heterocycles. The molecule has 8 heteroatoms. The summed E-state index contributed by atoms with van der Waals surface area (Å²) in [5.74, 6) is -2.62. The summed E-state index contributed by atoms with van der Waals surface area (Å²) in [6.45, 7) is 0. The molecule has 0 bridgehead atoms. The van der Waals surface area contributed by atoms with E-state index in [1.165, 1.54) is 29.2 Å². The zero-order valence-electron chi connectivity index (χ0n) is 16.8. The number of nitrogens with zero attached hydrogens (tertiary/aromatic N) is 1. The smallest absolute Gasteiger partial charge is 0.294 e. The molecule has 5 rings (SSSR count). The molecular weight excluding hydrogens is 513 g/mol. The maximum Gasteiger partial charge on any atom is 0.294 e. The van der Waals surface area contributed by atoms with Crippen LogP contribution in [0, 0.1) is 5.82 Å². The third kappa shape index (κ3) is 3.73. The number of Topliss-reactive ketones (excluding diaryl/α,β-unsaturated/α-hetero) is 1. The second-order valence-corrected chi connectivity index (χ2v) is 8.85. The number of hydrogen-bond acceptors (Lipinski definition) is 4. The molecular formula is C25H14BrClFNO4. The fourth-order valence-electron chi connectivity index (χ4n) is 3.95. The van der Waals surface area contributed by atoms with E-state index < -0.39 is 29.3 Å². The molecule has 0 saturated carbocycles. The van der Waals surface area contributed by atoms with E-state index in [1.54, 1.807) is 48.5 Å². The molecule has 33 heavy (non-hydrogen) atoms. The number of aliphatic hydroxyl groups is 1. The first-order valence-corrected chi connectivity index (χ1v) is 11.0. The zero-order chi connectivity index (χ0) is 23.3. The van der Waals surface area contributed by atoms with Crippen LogP contribution in [0.2, 0.25) is 5.02 Å². The van der Waals surface area contributed by atoms with Crippen LogP contribution < -0.4 is 4.90 Å². The van der Waals surface area contributed by atoms with Crippen molar-refractivity contribution >= 4 is 55.9 Å². The fraction of sp³-hybridized carbons (Fsp3) is 0.0400. The molecule has 164 valence electrons. The van der Waals surface area contributed by atoms with E-state index >= 15 is 0 Å². The summed E-state index contributed by atoms with van der Waals surface area (Å²) in [7, 11) is 0. The van der Waals surface area contributed by atoms with Crippen molar-refractivity contribution in [3.8, 4) is 0 Å². The Balaban J connectivity index is 1.66. The van der Waals surface area contributed by atoms with Crippen LogP contribution in [0.5, 0.6) is 0 Å². The van der Waals surface area contributed by atoms with Gasteiger partial charge >= 0.3 is 0 Å². The van der Waals surface area contributed by atoms with Crippen molar-refractivity contribution in [3.05, 3.63) is 111 Å². The van der Waals surface area contributed by atoms with Crippen molar-refractivity contribution in [1.82, 2.24) is 0 Å². The number of furan rings is 1. The van der Waals surface area contributed by atoms with E-state index in [2.05, 4.69) is 15.9 Å². The lowest BCUT2D eigenvalue weighted by atomic mass is 9.94. The van der Waals surface area contributed by atoms with Gasteiger partial charge in [-0.15, -0.1) is 0 Å². The third-order valence-electron chi connectivity index (χ3n) is 5.43. The van der Waals surface area contributed by atoms with Crippen LogP contribution >= 0.6 is 27.5 Å². The lowest BCUT2D eigenvalue weighted by molar-refractivity contribution is -0.117. The van der Waals surface area contributed by atoms with E-state index in [-0.39, 0.29) is 11.3 Å². The summed E-state index contributed by atoms with van der Waals surface area (Å²) >= 11 is 9.50. The first-order valence-electron chi connectivity index (χ1n) is 9.85. The van der Waals surface area contributed by atoms with Gasteiger partial charge in [-0.2, -0.15) is 0 Å². The highest BCUT2D eigenvalue weighted by molar-refractivity contribution is 9.10. The number of benzene rings is 3. The minimum atomic E-state index is -1.01. The fourth-order valence-corrected chi connectivity index (χ4v) is 4.51. The maximum absolute atomic E-state index is 13.6. The largest absolute Gasteiger partial charge is 0.503 e. The van der Waals surface area contributed by atoms with Gasteiger partial charge in [0.1, 0.15) is 11.4 Å². The highest BCUT2D eigenvalue weighted by Crippen LogP contribution is 2.42. The van der Waals surface area contributed by atoms with Gasteiger partial charge < -0.3 is 9.52 Å². The molecule has 0 aliphatic carbocycles. The molecule has 1 N–H and O–H groups in total. The van der Waals surface area contributed by atoms with Crippen molar-refractivity contribution in [2.24, 2.45) is 0 Å². The number of carbonyl (C=O) groups is 2. The highest BCUT2D eigenvalue weighted by Gasteiger charge is 2.45. The van der Waals surface area contributed by atoms with Crippen molar-refractivity contribution in [3.63, 3.8) is 0 Å². The summed E-state index contributed by atoms with van der Waals surface area (Å²) < 4.78 is 20.2. The number of anilines is 1. The molecule has 2 heterocycles. The number of carbonyl (C=O) groups excluding carboxylic acids is 2. The van der Waals surface area contributed by atoms with E-state index in [4.69, 9.17) is 16.0 Å². The van der Waals surface area contributed by atoms with Gasteiger partial charge in [0.2, 0.25) is 5.78 Å². The van der Waals surface area contributed by atoms with E-state index in [0.717, 1.165) is 4.47 Å². The number of halogens is 3. The Morgan fingerprint density at radius 3 is 2.55 bits per heavy atom. The average molecular weight is 527 g/mol. The SMILES string of the molecule is O=C(C1=C(O)C(=O)N(c2cccc(Cl)c2)C1c1ccc(F)cc1)c1cc2cc(Br)ccc2o1. The summed E-state index contributed by atoms with van der Waals surface area (Å²) in [4.78, 5) is 28.0. The molecule has 1 aromatic heterocycles. The summed E-state index contributed by atoms with van der Waals surface area (Å²) in [6, 6.07) is 17.7. The van der Waals surface area contributed by atoms with Gasteiger partial charge in [0, 0.05) is 20.6 Å². The van der Waals surface area contributed by atoms with Crippen LogP contribution in [0.25, 0.3) is 11.0 Å². The zero-order valence-corrected chi connectivity index (χ0v) is 19.1. The molecule has 4 aromatic rings. The monoisotopic (exact) mass is 525 g/mol. The first-order chi connectivity index (χ1) is 15.8. The van der Waals surface area contributed by atoms with Gasteiger partial charge in [-0.1, -0.05) is 45.7 Å². The minimum absolute atomic E-state index is 0.0301. The average Bonchev–Trinajstić information content (AvgIpc) is 3.32. The Hall–Kier alpha value is -3.42. The Morgan fingerprint density at radius 1 is 1.06 bits per heavy atom. The number of ketones is 1. The van der Waals surface area contributed by atoms with Crippen molar-refractivity contribution in [2.75, 3.05) is 4.90 Å². The Morgan fingerprint density at radius 2 is 1.82 bits per heavy atom. The van der Waals surface area contributed by atoms with E-state index in [9.17, 15) is 19.1 Å². The van der Waals surface area contributed by atoms with Gasteiger partial charge in [0.05, 0.1) is 11.6 Å².